The number of thioether (sulfide) groups is 1. The number of nitrogens with one attached hydrogen (secondary N) is 2. The molecule has 1 rings (SSSR count). The van der Waals surface area contributed by atoms with Crippen molar-refractivity contribution in [3.63, 3.8) is 0 Å². The van der Waals surface area contributed by atoms with Gasteiger partial charge in [0.2, 0.25) is 0 Å². The van der Waals surface area contributed by atoms with Crippen LogP contribution in [0.15, 0.2) is 12.4 Å². The van der Waals surface area contributed by atoms with Crippen LogP contribution in [0.2, 0.25) is 0 Å². The lowest BCUT2D eigenvalue weighted by Gasteiger charge is -2.21. The van der Waals surface area contributed by atoms with E-state index in [1.54, 1.807) is 24.2 Å². The molecule has 2 unspecified atom stereocenters. The van der Waals surface area contributed by atoms with Gasteiger partial charge in [-0.1, -0.05) is 0 Å². The molecule has 0 spiro atoms. The van der Waals surface area contributed by atoms with Crippen molar-refractivity contribution in [2.45, 2.75) is 25.1 Å². The number of aliphatic hydroxyl groups excluding tert-OH is 1. The molecule has 0 fully saturated rings. The number of rotatable bonds is 7. The maximum Gasteiger partial charge on any atom is 0.147 e. The summed E-state index contributed by atoms with van der Waals surface area (Å²) in [6.07, 6.45) is 5.36. The smallest absolute Gasteiger partial charge is 0.147 e. The molecule has 0 aliphatic rings. The zero-order chi connectivity index (χ0) is 12.7. The van der Waals surface area contributed by atoms with Gasteiger partial charge in [-0.05, 0) is 20.1 Å². The van der Waals surface area contributed by atoms with Crippen LogP contribution >= 0.6 is 11.8 Å². The fourth-order valence-electron chi connectivity index (χ4n) is 1.46. The average Bonchev–Trinajstić information content (AvgIpc) is 2.31. The van der Waals surface area contributed by atoms with Gasteiger partial charge >= 0.3 is 0 Å². The van der Waals surface area contributed by atoms with Crippen molar-refractivity contribution in [3.05, 3.63) is 12.4 Å². The van der Waals surface area contributed by atoms with E-state index in [4.69, 9.17) is 0 Å². The summed E-state index contributed by atoms with van der Waals surface area (Å²) in [5, 5.41) is 15.7. The molecule has 6 heteroatoms. The zero-order valence-corrected chi connectivity index (χ0v) is 11.3. The molecular weight excluding hydrogens is 236 g/mol. The standard InChI is InChI=1S/C11H20N4OS/c1-4-13-10-5-12-6-11(15-10)14-8(2)9(7-16)17-3/h5-6,8-9,16H,4,7H2,1-3H3,(H2,13,14,15). The van der Waals surface area contributed by atoms with Crippen LogP contribution in [0.25, 0.3) is 0 Å². The normalized spacial score (nSPS) is 14.1. The third-order valence-electron chi connectivity index (χ3n) is 2.41. The van der Waals surface area contributed by atoms with Gasteiger partial charge in [-0.3, -0.25) is 4.98 Å². The second-order valence-electron chi connectivity index (χ2n) is 3.71. The fourth-order valence-corrected chi connectivity index (χ4v) is 2.09. The first-order chi connectivity index (χ1) is 8.21. The van der Waals surface area contributed by atoms with Gasteiger partial charge in [0, 0.05) is 17.8 Å². The first kappa shape index (κ1) is 14.1. The van der Waals surface area contributed by atoms with E-state index >= 15 is 0 Å². The molecule has 17 heavy (non-hydrogen) atoms. The molecule has 1 heterocycles. The molecule has 3 N–H and O–H groups in total. The van der Waals surface area contributed by atoms with E-state index < -0.39 is 0 Å². The molecule has 0 aromatic carbocycles. The number of anilines is 2. The predicted octanol–water partition coefficient (Wildman–Crippen LogP) is 1.43. The van der Waals surface area contributed by atoms with Gasteiger partial charge in [0.25, 0.3) is 0 Å². The number of nitrogens with zero attached hydrogens (tertiary/aromatic N) is 2. The first-order valence-corrected chi connectivity index (χ1v) is 6.96. The van der Waals surface area contributed by atoms with Crippen molar-refractivity contribution in [2.24, 2.45) is 0 Å². The molecule has 1 aromatic rings. The van der Waals surface area contributed by atoms with Crippen molar-refractivity contribution in [2.75, 3.05) is 30.0 Å². The highest BCUT2D eigenvalue weighted by atomic mass is 32.2. The topological polar surface area (TPSA) is 70.1 Å². The van der Waals surface area contributed by atoms with E-state index in [-0.39, 0.29) is 17.9 Å². The molecule has 0 radical (unpaired) electrons. The quantitative estimate of drug-likeness (QED) is 0.685. The summed E-state index contributed by atoms with van der Waals surface area (Å²) in [6, 6.07) is 0.140. The highest BCUT2D eigenvalue weighted by Gasteiger charge is 2.15. The minimum absolute atomic E-state index is 0.140. The highest BCUT2D eigenvalue weighted by molar-refractivity contribution is 7.99. The van der Waals surface area contributed by atoms with Gasteiger partial charge in [-0.25, -0.2) is 4.98 Å². The van der Waals surface area contributed by atoms with Crippen LogP contribution in [0.4, 0.5) is 11.6 Å². The van der Waals surface area contributed by atoms with E-state index in [2.05, 4.69) is 20.6 Å². The molecule has 0 aliphatic heterocycles. The summed E-state index contributed by atoms with van der Waals surface area (Å²) in [5.74, 6) is 1.48. The fraction of sp³-hybridized carbons (Fsp3) is 0.636. The third kappa shape index (κ3) is 4.40. The molecule has 0 amide bonds. The zero-order valence-electron chi connectivity index (χ0n) is 10.5. The molecule has 2 atom stereocenters. The van der Waals surface area contributed by atoms with E-state index in [0.717, 1.165) is 18.2 Å². The summed E-state index contributed by atoms with van der Waals surface area (Å²) in [7, 11) is 0. The minimum Gasteiger partial charge on any atom is -0.395 e. The van der Waals surface area contributed by atoms with Crippen LogP contribution in [-0.4, -0.2) is 45.8 Å². The maximum atomic E-state index is 9.20. The summed E-state index contributed by atoms with van der Waals surface area (Å²) in [4.78, 5) is 8.49. The van der Waals surface area contributed by atoms with Crippen LogP contribution in [0.1, 0.15) is 13.8 Å². The second kappa shape index (κ2) is 7.34. The van der Waals surface area contributed by atoms with Crippen molar-refractivity contribution in [1.82, 2.24) is 9.97 Å². The molecule has 0 aliphatic carbocycles. The van der Waals surface area contributed by atoms with Gasteiger partial charge in [0.1, 0.15) is 11.6 Å². The van der Waals surface area contributed by atoms with Crippen LogP contribution < -0.4 is 10.6 Å². The summed E-state index contributed by atoms with van der Waals surface area (Å²) < 4.78 is 0. The summed E-state index contributed by atoms with van der Waals surface area (Å²) in [5.41, 5.74) is 0. The Balaban J connectivity index is 2.63. The molecule has 0 saturated heterocycles. The van der Waals surface area contributed by atoms with Gasteiger partial charge < -0.3 is 15.7 Å². The molecule has 1 aromatic heterocycles. The maximum absolute atomic E-state index is 9.20. The lowest BCUT2D eigenvalue weighted by atomic mass is 10.2. The second-order valence-corrected chi connectivity index (χ2v) is 4.79. The third-order valence-corrected chi connectivity index (χ3v) is 3.57. The minimum atomic E-state index is 0.140. The Morgan fingerprint density at radius 3 is 2.71 bits per heavy atom. The number of aromatic nitrogens is 2. The predicted molar refractivity (Wildman–Crippen MR) is 73.7 cm³/mol. The largest absolute Gasteiger partial charge is 0.395 e. The molecule has 5 nitrogen and oxygen atoms in total. The number of aliphatic hydroxyl groups is 1. The van der Waals surface area contributed by atoms with Crippen LogP contribution in [-0.2, 0) is 0 Å². The van der Waals surface area contributed by atoms with Crippen LogP contribution in [0, 0.1) is 0 Å². The molecule has 96 valence electrons. The first-order valence-electron chi connectivity index (χ1n) is 5.67. The van der Waals surface area contributed by atoms with E-state index in [1.807, 2.05) is 20.1 Å². The average molecular weight is 256 g/mol. The highest BCUT2D eigenvalue weighted by Crippen LogP contribution is 2.15. The van der Waals surface area contributed by atoms with Gasteiger partial charge in [-0.2, -0.15) is 11.8 Å². The Bertz CT molecular complexity index is 333. The van der Waals surface area contributed by atoms with Gasteiger partial charge in [-0.15, -0.1) is 0 Å². The lowest BCUT2D eigenvalue weighted by Crippen LogP contribution is -2.31. The van der Waals surface area contributed by atoms with E-state index in [1.165, 1.54) is 0 Å². The van der Waals surface area contributed by atoms with Crippen LogP contribution in [0.3, 0.4) is 0 Å². The molecule has 0 saturated carbocycles. The van der Waals surface area contributed by atoms with E-state index in [0.29, 0.717) is 0 Å². The van der Waals surface area contributed by atoms with Crippen molar-refractivity contribution in [1.29, 1.82) is 0 Å². The summed E-state index contributed by atoms with van der Waals surface area (Å²) in [6.45, 7) is 5.01. The Labute approximate surface area is 106 Å². The SMILES string of the molecule is CCNc1cncc(NC(C)C(CO)SC)n1. The Kier molecular flexibility index (Phi) is 6.07. The lowest BCUT2D eigenvalue weighted by molar-refractivity contribution is 0.288. The Morgan fingerprint density at radius 2 is 2.12 bits per heavy atom. The number of hydrogen-bond acceptors (Lipinski definition) is 6. The van der Waals surface area contributed by atoms with Gasteiger partial charge in [0.15, 0.2) is 0 Å². The van der Waals surface area contributed by atoms with Crippen molar-refractivity contribution >= 4 is 23.4 Å². The number of hydrogen-bond donors (Lipinski definition) is 3. The van der Waals surface area contributed by atoms with Crippen molar-refractivity contribution in [3.8, 4) is 0 Å². The molecular formula is C11H20N4OS. The molecule has 0 bridgehead atoms. The van der Waals surface area contributed by atoms with Crippen LogP contribution in [0.5, 0.6) is 0 Å². The monoisotopic (exact) mass is 256 g/mol. The van der Waals surface area contributed by atoms with Crippen molar-refractivity contribution < 1.29 is 5.11 Å². The van der Waals surface area contributed by atoms with Gasteiger partial charge in [0.05, 0.1) is 19.0 Å². The Hall–Kier alpha value is -1.01. The van der Waals surface area contributed by atoms with E-state index in [9.17, 15) is 5.11 Å². The Morgan fingerprint density at radius 1 is 1.41 bits per heavy atom. The summed E-state index contributed by atoms with van der Waals surface area (Å²) >= 11 is 1.64.